The predicted octanol–water partition coefficient (Wildman–Crippen LogP) is 3.56. The molecule has 2 heterocycles. The van der Waals surface area contributed by atoms with Gasteiger partial charge in [0, 0.05) is 57.6 Å². The second kappa shape index (κ2) is 9.82. The third kappa shape index (κ3) is 5.64. The lowest BCUT2D eigenvalue weighted by Gasteiger charge is -2.34. The number of amides is 1. The van der Waals surface area contributed by atoms with Crippen LogP contribution in [0, 0.1) is 11.7 Å². The fourth-order valence-corrected chi connectivity index (χ4v) is 3.93. The zero-order valence-corrected chi connectivity index (χ0v) is 16.9. The molecule has 0 saturated carbocycles. The van der Waals surface area contributed by atoms with E-state index in [0.717, 1.165) is 51.1 Å². The van der Waals surface area contributed by atoms with Crippen molar-refractivity contribution in [1.29, 1.82) is 0 Å². The van der Waals surface area contributed by atoms with Crippen molar-refractivity contribution in [3.05, 3.63) is 54.1 Å². The minimum Gasteiger partial charge on any atom is -0.341 e. The highest BCUT2D eigenvalue weighted by atomic mass is 19.1. The first-order valence-electron chi connectivity index (χ1n) is 10.3. The Bertz CT molecular complexity index is 730. The number of hydrogen-bond acceptors (Lipinski definition) is 3. The molecule has 0 N–H and O–H groups in total. The number of rotatable bonds is 7. The highest BCUT2D eigenvalue weighted by molar-refractivity contribution is 5.76. The Morgan fingerprint density at radius 2 is 2.04 bits per heavy atom. The van der Waals surface area contributed by atoms with Crippen LogP contribution in [-0.4, -0.2) is 51.2 Å². The maximum atomic E-state index is 13.2. The Morgan fingerprint density at radius 3 is 2.71 bits per heavy atom. The van der Waals surface area contributed by atoms with Crippen LogP contribution < -0.4 is 0 Å². The van der Waals surface area contributed by atoms with Crippen LogP contribution in [0.2, 0.25) is 0 Å². The minimum absolute atomic E-state index is 0.202. The highest BCUT2D eigenvalue weighted by Crippen LogP contribution is 2.21. The fraction of sp³-hybridized carbons (Fsp3) is 0.545. The lowest BCUT2D eigenvalue weighted by atomic mass is 10.0. The van der Waals surface area contributed by atoms with E-state index in [0.29, 0.717) is 18.4 Å². The first-order chi connectivity index (χ1) is 13.5. The first-order valence-corrected chi connectivity index (χ1v) is 10.3. The molecule has 1 amide bonds. The van der Waals surface area contributed by atoms with Crippen LogP contribution in [-0.2, 0) is 17.9 Å². The van der Waals surface area contributed by atoms with Gasteiger partial charge in [-0.1, -0.05) is 26.0 Å². The Morgan fingerprint density at radius 1 is 1.25 bits per heavy atom. The third-order valence-electron chi connectivity index (χ3n) is 5.51. The van der Waals surface area contributed by atoms with Crippen molar-refractivity contribution in [3.8, 4) is 0 Å². The molecule has 0 aliphatic carbocycles. The van der Waals surface area contributed by atoms with Gasteiger partial charge in [0.1, 0.15) is 5.82 Å². The standard InChI is InChI=1S/C22H31FN4O/c1-18(2)21-17-26(22(28)6-3-14-27-15-4-11-24-27)13-5-12-25(21)16-19-7-9-20(23)10-8-19/h4,7-11,15,18,21H,3,5-6,12-14,16-17H2,1-2H3. The molecule has 0 radical (unpaired) electrons. The number of aryl methyl sites for hydroxylation is 1. The summed E-state index contributed by atoms with van der Waals surface area (Å²) in [6, 6.07) is 8.97. The number of hydrogen-bond donors (Lipinski definition) is 0. The zero-order chi connectivity index (χ0) is 19.9. The van der Waals surface area contributed by atoms with E-state index in [1.165, 1.54) is 12.1 Å². The fourth-order valence-electron chi connectivity index (χ4n) is 3.93. The van der Waals surface area contributed by atoms with Crippen LogP contribution in [0.3, 0.4) is 0 Å². The van der Waals surface area contributed by atoms with Gasteiger partial charge < -0.3 is 4.90 Å². The van der Waals surface area contributed by atoms with Gasteiger partial charge in [-0.25, -0.2) is 4.39 Å². The van der Waals surface area contributed by atoms with Crippen molar-refractivity contribution in [2.75, 3.05) is 19.6 Å². The molecule has 2 aromatic rings. The molecule has 1 atom stereocenters. The lowest BCUT2D eigenvalue weighted by Crippen LogP contribution is -2.45. The summed E-state index contributed by atoms with van der Waals surface area (Å²) in [5.41, 5.74) is 1.12. The Hall–Kier alpha value is -2.21. The van der Waals surface area contributed by atoms with Crippen molar-refractivity contribution < 1.29 is 9.18 Å². The van der Waals surface area contributed by atoms with Crippen molar-refractivity contribution in [3.63, 3.8) is 0 Å². The molecule has 3 rings (SSSR count). The van der Waals surface area contributed by atoms with Crippen LogP contribution in [0.15, 0.2) is 42.7 Å². The number of carbonyl (C=O) groups excluding carboxylic acids is 1. The number of carbonyl (C=O) groups is 1. The van der Waals surface area contributed by atoms with Gasteiger partial charge in [-0.05, 0) is 42.5 Å². The van der Waals surface area contributed by atoms with Crippen LogP contribution in [0.1, 0.15) is 38.7 Å². The summed E-state index contributed by atoms with van der Waals surface area (Å²) in [5, 5.41) is 4.19. The average Bonchev–Trinajstić information content (AvgIpc) is 3.09. The molecule has 1 aromatic carbocycles. The largest absolute Gasteiger partial charge is 0.341 e. The van der Waals surface area contributed by atoms with Gasteiger partial charge >= 0.3 is 0 Å². The van der Waals surface area contributed by atoms with Gasteiger partial charge in [0.05, 0.1) is 0 Å². The molecule has 0 spiro atoms. The molecule has 1 saturated heterocycles. The second-order valence-corrected chi connectivity index (χ2v) is 7.97. The van der Waals surface area contributed by atoms with Gasteiger partial charge in [0.15, 0.2) is 0 Å². The first kappa shape index (κ1) is 20.5. The van der Waals surface area contributed by atoms with Crippen molar-refractivity contribution in [1.82, 2.24) is 19.6 Å². The smallest absolute Gasteiger partial charge is 0.222 e. The predicted molar refractivity (Wildman–Crippen MR) is 108 cm³/mol. The zero-order valence-electron chi connectivity index (χ0n) is 16.9. The highest BCUT2D eigenvalue weighted by Gasteiger charge is 2.29. The monoisotopic (exact) mass is 386 g/mol. The van der Waals surface area contributed by atoms with E-state index >= 15 is 0 Å². The van der Waals surface area contributed by atoms with Gasteiger partial charge in [-0.2, -0.15) is 5.10 Å². The van der Waals surface area contributed by atoms with E-state index in [-0.39, 0.29) is 11.7 Å². The van der Waals surface area contributed by atoms with Gasteiger partial charge in [0.25, 0.3) is 0 Å². The average molecular weight is 387 g/mol. The molecular weight excluding hydrogens is 355 g/mol. The molecule has 6 heteroatoms. The molecule has 152 valence electrons. The van der Waals surface area contributed by atoms with E-state index in [2.05, 4.69) is 23.8 Å². The number of nitrogens with zero attached hydrogens (tertiary/aromatic N) is 4. The molecule has 1 unspecified atom stereocenters. The normalized spacial score (nSPS) is 18.4. The summed E-state index contributed by atoms with van der Waals surface area (Å²) in [7, 11) is 0. The van der Waals surface area contributed by atoms with Gasteiger partial charge in [0.2, 0.25) is 5.91 Å². The van der Waals surface area contributed by atoms with Gasteiger partial charge in [-0.3, -0.25) is 14.4 Å². The summed E-state index contributed by atoms with van der Waals surface area (Å²) in [6.07, 6.45) is 6.03. The van der Waals surface area contributed by atoms with Crippen LogP contribution >= 0.6 is 0 Å². The third-order valence-corrected chi connectivity index (χ3v) is 5.51. The maximum Gasteiger partial charge on any atom is 0.222 e. The Balaban J connectivity index is 1.58. The van der Waals surface area contributed by atoms with E-state index in [4.69, 9.17) is 0 Å². The molecule has 1 aliphatic rings. The number of aromatic nitrogens is 2. The molecular formula is C22H31FN4O. The number of benzene rings is 1. The summed E-state index contributed by atoms with van der Waals surface area (Å²) >= 11 is 0. The van der Waals surface area contributed by atoms with Crippen molar-refractivity contribution in [2.24, 2.45) is 5.92 Å². The van der Waals surface area contributed by atoms with Gasteiger partial charge in [-0.15, -0.1) is 0 Å². The SMILES string of the molecule is CC(C)C1CN(C(=O)CCCn2cccn2)CCCN1Cc1ccc(F)cc1. The molecule has 0 bridgehead atoms. The number of halogens is 1. The second-order valence-electron chi connectivity index (χ2n) is 7.97. The van der Waals surface area contributed by atoms with E-state index in [9.17, 15) is 9.18 Å². The minimum atomic E-state index is -0.202. The van der Waals surface area contributed by atoms with E-state index < -0.39 is 0 Å². The molecule has 5 nitrogen and oxygen atoms in total. The van der Waals surface area contributed by atoms with Crippen LogP contribution in [0.4, 0.5) is 4.39 Å². The Kier molecular flexibility index (Phi) is 7.20. The summed E-state index contributed by atoms with van der Waals surface area (Å²) in [5.74, 6) is 0.478. The topological polar surface area (TPSA) is 41.4 Å². The molecule has 1 aliphatic heterocycles. The van der Waals surface area contributed by atoms with E-state index in [1.54, 1.807) is 6.20 Å². The maximum absolute atomic E-state index is 13.2. The summed E-state index contributed by atoms with van der Waals surface area (Å²) in [4.78, 5) is 17.3. The van der Waals surface area contributed by atoms with E-state index in [1.807, 2.05) is 34.0 Å². The van der Waals surface area contributed by atoms with Crippen molar-refractivity contribution >= 4 is 5.91 Å². The van der Waals surface area contributed by atoms with Crippen LogP contribution in [0.5, 0.6) is 0 Å². The van der Waals surface area contributed by atoms with Crippen molar-refractivity contribution in [2.45, 2.75) is 52.2 Å². The summed E-state index contributed by atoms with van der Waals surface area (Å²) < 4.78 is 15.1. The van der Waals surface area contributed by atoms with Crippen LogP contribution in [0.25, 0.3) is 0 Å². The Labute approximate surface area is 167 Å². The summed E-state index contributed by atoms with van der Waals surface area (Å²) in [6.45, 7) is 8.53. The molecule has 28 heavy (non-hydrogen) atoms. The quantitative estimate of drug-likeness (QED) is 0.731. The molecule has 1 aromatic heterocycles. The lowest BCUT2D eigenvalue weighted by molar-refractivity contribution is -0.131. The molecule has 1 fully saturated rings.